The molecule has 0 aliphatic heterocycles. The number of hydrogen-bond acceptors (Lipinski definition) is 6. The molecule has 0 saturated heterocycles. The van der Waals surface area contributed by atoms with Crippen molar-refractivity contribution in [2.45, 2.75) is 25.3 Å². The minimum Gasteiger partial charge on any atom is -0.508 e. The Hall–Kier alpha value is -3.88. The molecular weight excluding hydrogens is 372 g/mol. The lowest BCUT2D eigenvalue weighted by molar-refractivity contribution is 0.454. The fourth-order valence-electron chi connectivity index (χ4n) is 3.16. The molecule has 3 heterocycles. The van der Waals surface area contributed by atoms with Gasteiger partial charge in [0.15, 0.2) is 11.1 Å². The van der Waals surface area contributed by atoms with E-state index in [1.54, 1.807) is 28.9 Å². The first kappa shape index (κ1) is 17.2. The molecule has 9 heteroatoms. The quantitative estimate of drug-likeness (QED) is 0.399. The number of H-pyrrole nitrogens is 2. The van der Waals surface area contributed by atoms with E-state index in [1.165, 1.54) is 0 Å². The van der Waals surface area contributed by atoms with Gasteiger partial charge in [0, 0.05) is 17.7 Å². The maximum atomic E-state index is 11.4. The van der Waals surface area contributed by atoms with Gasteiger partial charge in [-0.1, -0.05) is 12.1 Å². The molecular formula is C20H18N6O3. The van der Waals surface area contributed by atoms with Crippen LogP contribution in [0.15, 0.2) is 46.3 Å². The minimum atomic E-state index is -0.490. The third-order valence-electron chi connectivity index (χ3n) is 4.75. The Morgan fingerprint density at radius 3 is 2.69 bits per heavy atom. The van der Waals surface area contributed by atoms with E-state index in [4.69, 9.17) is 9.98 Å². The van der Waals surface area contributed by atoms with Crippen molar-refractivity contribution in [3.05, 3.63) is 74.7 Å². The summed E-state index contributed by atoms with van der Waals surface area (Å²) in [5.74, 6) is -0.0212. The van der Waals surface area contributed by atoms with Crippen molar-refractivity contribution in [2.24, 2.45) is 4.99 Å². The topological polar surface area (TPSA) is 132 Å². The van der Waals surface area contributed by atoms with Crippen LogP contribution in [0.1, 0.15) is 29.8 Å². The number of phenolic OH excluding ortho intramolecular Hbond substituents is 1. The number of fused-ring (bicyclic) bond motifs is 1. The van der Waals surface area contributed by atoms with Crippen LogP contribution in [-0.2, 0) is 6.42 Å². The van der Waals surface area contributed by atoms with Crippen LogP contribution in [0.4, 0.5) is 0 Å². The smallest absolute Gasteiger partial charge is 0.326 e. The number of hydrogen-bond donors (Lipinski definition) is 4. The van der Waals surface area contributed by atoms with Gasteiger partial charge in [0.25, 0.3) is 0 Å². The lowest BCUT2D eigenvalue weighted by atomic mass is 10.1. The number of aromatic amines is 2. The molecule has 0 bridgehead atoms. The molecule has 4 aromatic rings. The predicted octanol–water partition coefficient (Wildman–Crippen LogP) is 0.359. The largest absolute Gasteiger partial charge is 0.508 e. The van der Waals surface area contributed by atoms with Gasteiger partial charge >= 0.3 is 5.69 Å². The molecule has 1 aliphatic rings. The highest BCUT2D eigenvalue weighted by molar-refractivity contribution is 5.56. The first-order chi connectivity index (χ1) is 14.0. The van der Waals surface area contributed by atoms with Crippen molar-refractivity contribution in [2.75, 3.05) is 0 Å². The summed E-state index contributed by atoms with van der Waals surface area (Å²) in [4.78, 5) is 25.7. The standard InChI is InChI=1S/C20H18N6O3/c27-15-5-1-11(2-6-15)7-14-9-17(22-13-3-4-13)26-18(23-14)12(10-21-26)8-16-19(28)25-20(29)24-16/h1-2,5-6,8-10,13,27-28H,3-4,7H2,(H2,24,25,29). The van der Waals surface area contributed by atoms with Crippen LogP contribution < -0.4 is 16.4 Å². The fourth-order valence-corrected chi connectivity index (χ4v) is 3.16. The van der Waals surface area contributed by atoms with Crippen molar-refractivity contribution < 1.29 is 10.2 Å². The maximum Gasteiger partial charge on any atom is 0.326 e. The van der Waals surface area contributed by atoms with Crippen molar-refractivity contribution in [1.29, 1.82) is 0 Å². The first-order valence-corrected chi connectivity index (χ1v) is 9.27. The maximum absolute atomic E-state index is 11.4. The number of benzene rings is 1. The third kappa shape index (κ3) is 3.49. The normalized spacial score (nSPS) is 15.4. The zero-order valence-electron chi connectivity index (χ0n) is 15.3. The molecule has 0 radical (unpaired) electrons. The van der Waals surface area contributed by atoms with Crippen LogP contribution >= 0.6 is 0 Å². The van der Waals surface area contributed by atoms with Gasteiger partial charge in [-0.3, -0.25) is 9.98 Å². The molecule has 0 spiro atoms. The molecule has 0 atom stereocenters. The van der Waals surface area contributed by atoms with Gasteiger partial charge in [0.05, 0.1) is 17.9 Å². The number of nitrogens with one attached hydrogen (secondary N) is 2. The molecule has 3 aromatic heterocycles. The summed E-state index contributed by atoms with van der Waals surface area (Å²) >= 11 is 0. The van der Waals surface area contributed by atoms with Crippen molar-refractivity contribution in [3.8, 4) is 11.6 Å². The second-order valence-corrected chi connectivity index (χ2v) is 7.13. The summed E-state index contributed by atoms with van der Waals surface area (Å²) in [6, 6.07) is 9.23. The molecule has 0 amide bonds. The van der Waals surface area contributed by atoms with E-state index in [2.05, 4.69) is 15.1 Å². The van der Waals surface area contributed by atoms with Crippen molar-refractivity contribution in [3.63, 3.8) is 0 Å². The van der Waals surface area contributed by atoms with Gasteiger partial charge in [0.2, 0.25) is 5.88 Å². The molecule has 1 aliphatic carbocycles. The average Bonchev–Trinajstić information content (AvgIpc) is 3.33. The van der Waals surface area contributed by atoms with E-state index in [9.17, 15) is 15.0 Å². The van der Waals surface area contributed by atoms with Gasteiger partial charge in [-0.15, -0.1) is 0 Å². The third-order valence-corrected chi connectivity index (χ3v) is 4.75. The number of imidazole rings is 1. The zero-order chi connectivity index (χ0) is 20.0. The zero-order valence-corrected chi connectivity index (χ0v) is 15.3. The molecule has 5 rings (SSSR count). The highest BCUT2D eigenvalue weighted by Gasteiger charge is 2.20. The van der Waals surface area contributed by atoms with Crippen LogP contribution in [0.2, 0.25) is 0 Å². The summed E-state index contributed by atoms with van der Waals surface area (Å²) in [6.07, 6.45) is 5.95. The van der Waals surface area contributed by atoms with E-state index in [1.807, 2.05) is 18.2 Å². The number of nitrogens with zero attached hydrogens (tertiary/aromatic N) is 4. The van der Waals surface area contributed by atoms with Crippen LogP contribution in [-0.4, -0.2) is 40.8 Å². The highest BCUT2D eigenvalue weighted by Crippen LogP contribution is 2.22. The number of aromatic nitrogens is 5. The van der Waals surface area contributed by atoms with E-state index in [0.717, 1.165) is 29.6 Å². The minimum absolute atomic E-state index is 0.217. The Bertz CT molecular complexity index is 1380. The second kappa shape index (κ2) is 6.62. The Morgan fingerprint density at radius 1 is 1.21 bits per heavy atom. The Morgan fingerprint density at radius 2 is 2.00 bits per heavy atom. The van der Waals surface area contributed by atoms with E-state index >= 15 is 0 Å². The van der Waals surface area contributed by atoms with Crippen molar-refractivity contribution >= 4 is 11.7 Å². The lowest BCUT2D eigenvalue weighted by Crippen LogP contribution is -2.20. The van der Waals surface area contributed by atoms with Crippen LogP contribution in [0.5, 0.6) is 11.6 Å². The molecule has 0 unspecified atom stereocenters. The predicted molar refractivity (Wildman–Crippen MR) is 104 cm³/mol. The van der Waals surface area contributed by atoms with Gasteiger partial charge < -0.3 is 15.2 Å². The average molecular weight is 390 g/mol. The Balaban J connectivity index is 1.67. The van der Waals surface area contributed by atoms with Crippen molar-refractivity contribution in [1.82, 2.24) is 24.6 Å². The van der Waals surface area contributed by atoms with Gasteiger partial charge in [-0.2, -0.15) is 9.61 Å². The SMILES string of the molecule is O=c1[nH]c(O)c(C=c2cnn3c(=NC4CC4)cc(Cc4ccc(O)cc4)nc23)[nH]1. The summed E-state index contributed by atoms with van der Waals surface area (Å²) < 4.78 is 1.67. The molecule has 1 fully saturated rings. The van der Waals surface area contributed by atoms with Gasteiger partial charge in [-0.25, -0.2) is 9.78 Å². The number of aromatic hydroxyl groups is 2. The van der Waals surface area contributed by atoms with Gasteiger partial charge in [-0.05, 0) is 36.6 Å². The fraction of sp³-hybridized carbons (Fsp3) is 0.200. The second-order valence-electron chi connectivity index (χ2n) is 7.13. The first-order valence-electron chi connectivity index (χ1n) is 9.27. The summed E-state index contributed by atoms with van der Waals surface area (Å²) in [7, 11) is 0. The summed E-state index contributed by atoms with van der Waals surface area (Å²) in [6.45, 7) is 0. The van der Waals surface area contributed by atoms with E-state index in [-0.39, 0.29) is 17.3 Å². The molecule has 29 heavy (non-hydrogen) atoms. The number of rotatable bonds is 4. The van der Waals surface area contributed by atoms with Gasteiger partial charge in [0.1, 0.15) is 11.4 Å². The summed E-state index contributed by atoms with van der Waals surface area (Å²) in [5.41, 5.74) is 2.89. The van der Waals surface area contributed by atoms with Crippen LogP contribution in [0, 0.1) is 0 Å². The Kier molecular flexibility index (Phi) is 3.94. The van der Waals surface area contributed by atoms with Crippen LogP contribution in [0.3, 0.4) is 0 Å². The molecule has 1 saturated carbocycles. The van der Waals surface area contributed by atoms with E-state index in [0.29, 0.717) is 23.3 Å². The van der Waals surface area contributed by atoms with Crippen LogP contribution in [0.25, 0.3) is 11.7 Å². The van der Waals surface area contributed by atoms with E-state index < -0.39 is 5.69 Å². The summed E-state index contributed by atoms with van der Waals surface area (Å²) in [5, 5.41) is 24.4. The number of phenols is 1. The monoisotopic (exact) mass is 390 g/mol. The highest BCUT2D eigenvalue weighted by atomic mass is 16.3. The molecule has 9 nitrogen and oxygen atoms in total. The molecule has 146 valence electrons. The molecule has 1 aromatic carbocycles. The Labute approximate surface area is 163 Å². The lowest BCUT2D eigenvalue weighted by Gasteiger charge is -2.04. The molecule has 4 N–H and O–H groups in total.